The van der Waals surface area contributed by atoms with Crippen molar-refractivity contribution in [1.82, 2.24) is 5.32 Å². The van der Waals surface area contributed by atoms with Crippen molar-refractivity contribution in [3.05, 3.63) is 66.0 Å². The van der Waals surface area contributed by atoms with E-state index in [2.05, 4.69) is 5.32 Å². The van der Waals surface area contributed by atoms with Gasteiger partial charge < -0.3 is 10.2 Å². The van der Waals surface area contributed by atoms with Gasteiger partial charge in [-0.25, -0.2) is 4.39 Å². The number of benzene rings is 2. The maximum Gasteiger partial charge on any atom is 0.227 e. The number of para-hydroxylation sites is 1. The smallest absolute Gasteiger partial charge is 0.227 e. The fraction of sp³-hybridized carbons (Fsp3) is 0.222. The molecule has 0 spiro atoms. The van der Waals surface area contributed by atoms with Crippen LogP contribution in [0.15, 0.2) is 54.6 Å². The lowest BCUT2D eigenvalue weighted by Crippen LogP contribution is -2.32. The first-order chi connectivity index (χ1) is 11.1. The summed E-state index contributed by atoms with van der Waals surface area (Å²) in [6, 6.07) is 15.6. The summed E-state index contributed by atoms with van der Waals surface area (Å²) in [4.78, 5) is 26.0. The third kappa shape index (κ3) is 3.39. The summed E-state index contributed by atoms with van der Waals surface area (Å²) < 4.78 is 13.5. The predicted molar refractivity (Wildman–Crippen MR) is 85.1 cm³/mol. The van der Waals surface area contributed by atoms with Crippen LogP contribution >= 0.6 is 0 Å². The minimum absolute atomic E-state index is 0.0674. The van der Waals surface area contributed by atoms with E-state index in [0.29, 0.717) is 12.1 Å². The van der Waals surface area contributed by atoms with Crippen molar-refractivity contribution in [1.29, 1.82) is 0 Å². The van der Waals surface area contributed by atoms with Crippen molar-refractivity contribution in [2.24, 2.45) is 5.92 Å². The van der Waals surface area contributed by atoms with E-state index in [0.717, 1.165) is 5.69 Å². The van der Waals surface area contributed by atoms with Crippen LogP contribution in [0.25, 0.3) is 0 Å². The largest absolute Gasteiger partial charge is 0.352 e. The molecular weight excluding hydrogens is 295 g/mol. The summed E-state index contributed by atoms with van der Waals surface area (Å²) >= 11 is 0. The molecule has 0 unspecified atom stereocenters. The Morgan fingerprint density at radius 3 is 2.57 bits per heavy atom. The van der Waals surface area contributed by atoms with Gasteiger partial charge in [-0.15, -0.1) is 0 Å². The van der Waals surface area contributed by atoms with Crippen molar-refractivity contribution >= 4 is 17.5 Å². The lowest BCUT2D eigenvalue weighted by atomic mass is 10.1. The van der Waals surface area contributed by atoms with Gasteiger partial charge in [-0.2, -0.15) is 0 Å². The molecule has 0 radical (unpaired) electrons. The highest BCUT2D eigenvalue weighted by Gasteiger charge is 2.34. The molecule has 1 fully saturated rings. The molecule has 3 rings (SSSR count). The van der Waals surface area contributed by atoms with E-state index in [1.807, 2.05) is 30.3 Å². The van der Waals surface area contributed by atoms with Gasteiger partial charge in [0.2, 0.25) is 11.8 Å². The molecule has 2 aromatic carbocycles. The minimum atomic E-state index is -0.408. The molecule has 1 heterocycles. The second-order valence-electron chi connectivity index (χ2n) is 5.55. The van der Waals surface area contributed by atoms with Crippen LogP contribution in [-0.4, -0.2) is 18.4 Å². The van der Waals surface area contributed by atoms with Crippen LogP contribution in [-0.2, 0) is 16.1 Å². The molecule has 2 aromatic rings. The van der Waals surface area contributed by atoms with Gasteiger partial charge in [0.1, 0.15) is 5.82 Å². The van der Waals surface area contributed by atoms with E-state index in [4.69, 9.17) is 0 Å². The number of hydrogen-bond acceptors (Lipinski definition) is 2. The zero-order valence-electron chi connectivity index (χ0n) is 12.5. The molecular formula is C18H17FN2O2. The summed E-state index contributed by atoms with van der Waals surface area (Å²) in [6.45, 7) is 0.480. The molecule has 1 N–H and O–H groups in total. The SMILES string of the molecule is O=C(NCc1ccccc1F)[C@@H]1CC(=O)N(c2ccccc2)C1. The van der Waals surface area contributed by atoms with Gasteiger partial charge in [0.05, 0.1) is 5.92 Å². The summed E-state index contributed by atoms with van der Waals surface area (Å²) in [5.74, 6) is -1.04. The first kappa shape index (κ1) is 15.2. The fourth-order valence-corrected chi connectivity index (χ4v) is 2.71. The number of amides is 2. The van der Waals surface area contributed by atoms with E-state index in [9.17, 15) is 14.0 Å². The topological polar surface area (TPSA) is 49.4 Å². The Labute approximate surface area is 133 Å². The second-order valence-corrected chi connectivity index (χ2v) is 5.55. The van der Waals surface area contributed by atoms with Crippen LogP contribution in [0.4, 0.5) is 10.1 Å². The molecule has 0 aliphatic carbocycles. The van der Waals surface area contributed by atoms with Crippen molar-refractivity contribution in [3.8, 4) is 0 Å². The Morgan fingerprint density at radius 1 is 1.13 bits per heavy atom. The van der Waals surface area contributed by atoms with Gasteiger partial charge in [0, 0.05) is 30.8 Å². The zero-order valence-corrected chi connectivity index (χ0v) is 12.5. The molecule has 0 saturated carbocycles. The summed E-state index contributed by atoms with van der Waals surface area (Å²) in [7, 11) is 0. The minimum Gasteiger partial charge on any atom is -0.352 e. The number of anilines is 1. The summed E-state index contributed by atoms with van der Waals surface area (Å²) in [5, 5.41) is 2.72. The Bertz CT molecular complexity index is 718. The second kappa shape index (κ2) is 6.60. The number of hydrogen-bond donors (Lipinski definition) is 1. The first-order valence-corrected chi connectivity index (χ1v) is 7.51. The summed E-state index contributed by atoms with van der Waals surface area (Å²) in [6.07, 6.45) is 0.179. The third-order valence-corrected chi connectivity index (χ3v) is 3.97. The average molecular weight is 312 g/mol. The van der Waals surface area contributed by atoms with Crippen LogP contribution in [0.3, 0.4) is 0 Å². The van der Waals surface area contributed by atoms with E-state index < -0.39 is 5.92 Å². The molecule has 0 bridgehead atoms. The summed E-state index contributed by atoms with van der Waals surface area (Å²) in [5.41, 5.74) is 1.23. The van der Waals surface area contributed by atoms with Gasteiger partial charge in [0.15, 0.2) is 0 Å². The molecule has 4 nitrogen and oxygen atoms in total. The van der Waals surface area contributed by atoms with Crippen molar-refractivity contribution in [2.45, 2.75) is 13.0 Å². The van der Waals surface area contributed by atoms with Gasteiger partial charge in [-0.1, -0.05) is 36.4 Å². The molecule has 118 valence electrons. The van der Waals surface area contributed by atoms with Crippen LogP contribution in [0.2, 0.25) is 0 Å². The number of nitrogens with one attached hydrogen (secondary N) is 1. The number of carbonyl (C=O) groups excluding carboxylic acids is 2. The molecule has 0 aromatic heterocycles. The Kier molecular flexibility index (Phi) is 4.37. The van der Waals surface area contributed by atoms with E-state index >= 15 is 0 Å². The standard InChI is InChI=1S/C18H17FN2O2/c19-16-9-5-4-6-13(16)11-20-18(23)14-10-17(22)21(12-14)15-7-2-1-3-8-15/h1-9,14H,10-12H2,(H,20,23)/t14-/m1/s1. The third-order valence-electron chi connectivity index (χ3n) is 3.97. The van der Waals surface area contributed by atoms with Gasteiger partial charge >= 0.3 is 0 Å². The van der Waals surface area contributed by atoms with Crippen LogP contribution < -0.4 is 10.2 Å². The fourth-order valence-electron chi connectivity index (χ4n) is 2.71. The number of halogens is 1. The normalized spacial score (nSPS) is 17.3. The quantitative estimate of drug-likeness (QED) is 0.943. The molecule has 1 atom stereocenters. The van der Waals surface area contributed by atoms with Gasteiger partial charge in [-0.05, 0) is 18.2 Å². The Hall–Kier alpha value is -2.69. The van der Waals surface area contributed by atoms with Gasteiger partial charge in [-0.3, -0.25) is 9.59 Å². The first-order valence-electron chi connectivity index (χ1n) is 7.51. The van der Waals surface area contributed by atoms with Crippen LogP contribution in [0.1, 0.15) is 12.0 Å². The van der Waals surface area contributed by atoms with Crippen molar-refractivity contribution in [3.63, 3.8) is 0 Å². The molecule has 5 heteroatoms. The average Bonchev–Trinajstić information content (AvgIpc) is 2.96. The highest BCUT2D eigenvalue weighted by Crippen LogP contribution is 2.24. The molecule has 2 amide bonds. The lowest BCUT2D eigenvalue weighted by molar-refractivity contribution is -0.126. The zero-order chi connectivity index (χ0) is 16.2. The maximum absolute atomic E-state index is 13.5. The maximum atomic E-state index is 13.5. The highest BCUT2D eigenvalue weighted by atomic mass is 19.1. The number of nitrogens with zero attached hydrogens (tertiary/aromatic N) is 1. The predicted octanol–water partition coefficient (Wildman–Crippen LogP) is 2.50. The Morgan fingerprint density at radius 2 is 1.83 bits per heavy atom. The van der Waals surface area contributed by atoms with Gasteiger partial charge in [0.25, 0.3) is 0 Å². The highest BCUT2D eigenvalue weighted by molar-refractivity contribution is 6.00. The molecule has 1 saturated heterocycles. The van der Waals surface area contributed by atoms with E-state index in [-0.39, 0.29) is 30.6 Å². The monoisotopic (exact) mass is 312 g/mol. The van der Waals surface area contributed by atoms with E-state index in [1.165, 1.54) is 6.07 Å². The van der Waals surface area contributed by atoms with Crippen molar-refractivity contribution < 1.29 is 14.0 Å². The van der Waals surface area contributed by atoms with Crippen molar-refractivity contribution in [2.75, 3.05) is 11.4 Å². The Balaban J connectivity index is 1.61. The van der Waals surface area contributed by atoms with Crippen LogP contribution in [0.5, 0.6) is 0 Å². The lowest BCUT2D eigenvalue weighted by Gasteiger charge is -2.16. The van der Waals surface area contributed by atoms with Crippen LogP contribution in [0, 0.1) is 11.7 Å². The molecule has 1 aliphatic heterocycles. The number of carbonyl (C=O) groups is 2. The molecule has 23 heavy (non-hydrogen) atoms. The number of rotatable bonds is 4. The molecule has 1 aliphatic rings. The van der Waals surface area contributed by atoms with E-state index in [1.54, 1.807) is 23.1 Å².